The number of morpholine rings is 1. The van der Waals surface area contributed by atoms with Crippen LogP contribution in [0.25, 0.3) is 0 Å². The summed E-state index contributed by atoms with van der Waals surface area (Å²) in [5.74, 6) is 2.20. The fraction of sp³-hybridized carbons (Fsp3) is 0.846. The predicted octanol–water partition coefficient (Wildman–Crippen LogP) is 0.339. The first-order valence-corrected chi connectivity index (χ1v) is 7.16. The highest BCUT2D eigenvalue weighted by molar-refractivity contribution is 4.97. The van der Waals surface area contributed by atoms with Crippen molar-refractivity contribution in [3.8, 4) is 0 Å². The van der Waals surface area contributed by atoms with Crippen LogP contribution in [0, 0.1) is 5.92 Å². The zero-order valence-electron chi connectivity index (χ0n) is 11.4. The molecule has 0 aromatic carbocycles. The molecule has 19 heavy (non-hydrogen) atoms. The number of hydrogen-bond donors (Lipinski definition) is 2. The summed E-state index contributed by atoms with van der Waals surface area (Å²) in [5, 5.41) is 16.5. The fourth-order valence-electron chi connectivity index (χ4n) is 3.23. The number of nitrogens with zero attached hydrogens (tertiary/aromatic N) is 3. The molecule has 0 amide bonds. The summed E-state index contributed by atoms with van der Waals surface area (Å²) in [4.78, 5) is 6.90. The van der Waals surface area contributed by atoms with Crippen LogP contribution in [-0.2, 0) is 17.7 Å². The van der Waals surface area contributed by atoms with Crippen molar-refractivity contribution in [2.45, 2.75) is 44.9 Å². The van der Waals surface area contributed by atoms with Crippen LogP contribution in [0.4, 0.5) is 0 Å². The molecule has 0 radical (unpaired) electrons. The smallest absolute Gasteiger partial charge is 0.150 e. The average molecular weight is 266 g/mol. The Kier molecular flexibility index (Phi) is 3.81. The molecule has 2 N–H and O–H groups in total. The SMILES string of the molecule is CCc1n[nH]c(CN2CCOC3C[C@H](CO)C[C@@H]32)n1. The summed E-state index contributed by atoms with van der Waals surface area (Å²) in [6.07, 6.45) is 3.14. The molecule has 1 aliphatic carbocycles. The summed E-state index contributed by atoms with van der Waals surface area (Å²) in [6, 6.07) is 0.418. The molecule has 6 heteroatoms. The molecule has 3 atom stereocenters. The molecule has 1 unspecified atom stereocenters. The lowest BCUT2D eigenvalue weighted by molar-refractivity contribution is -0.0598. The molecule has 1 aromatic rings. The van der Waals surface area contributed by atoms with Gasteiger partial charge in [0.05, 0.1) is 19.3 Å². The van der Waals surface area contributed by atoms with Crippen molar-refractivity contribution in [3.63, 3.8) is 0 Å². The normalized spacial score (nSPS) is 31.6. The lowest BCUT2D eigenvalue weighted by atomic mass is 10.1. The monoisotopic (exact) mass is 266 g/mol. The Morgan fingerprint density at radius 3 is 3.11 bits per heavy atom. The van der Waals surface area contributed by atoms with Crippen LogP contribution in [0.15, 0.2) is 0 Å². The van der Waals surface area contributed by atoms with Gasteiger partial charge in [-0.15, -0.1) is 0 Å². The van der Waals surface area contributed by atoms with Crippen molar-refractivity contribution < 1.29 is 9.84 Å². The van der Waals surface area contributed by atoms with E-state index in [4.69, 9.17) is 4.74 Å². The number of H-pyrrole nitrogens is 1. The van der Waals surface area contributed by atoms with Crippen molar-refractivity contribution in [2.75, 3.05) is 19.8 Å². The molecule has 1 saturated carbocycles. The number of nitrogens with one attached hydrogen (secondary N) is 1. The molecule has 2 heterocycles. The van der Waals surface area contributed by atoms with E-state index in [9.17, 15) is 5.11 Å². The first-order chi connectivity index (χ1) is 9.30. The van der Waals surface area contributed by atoms with Gasteiger partial charge in [-0.1, -0.05) is 6.92 Å². The Morgan fingerprint density at radius 2 is 2.37 bits per heavy atom. The van der Waals surface area contributed by atoms with Crippen molar-refractivity contribution in [3.05, 3.63) is 11.6 Å². The van der Waals surface area contributed by atoms with E-state index in [1.54, 1.807) is 0 Å². The fourth-order valence-corrected chi connectivity index (χ4v) is 3.23. The van der Waals surface area contributed by atoms with Crippen LogP contribution in [0.3, 0.4) is 0 Å². The second kappa shape index (κ2) is 5.56. The van der Waals surface area contributed by atoms with Crippen molar-refractivity contribution in [1.29, 1.82) is 0 Å². The Labute approximate surface area is 113 Å². The van der Waals surface area contributed by atoms with E-state index in [0.29, 0.717) is 12.0 Å². The molecular weight excluding hydrogens is 244 g/mol. The van der Waals surface area contributed by atoms with Gasteiger partial charge in [0.15, 0.2) is 0 Å². The number of aryl methyl sites for hydroxylation is 1. The van der Waals surface area contributed by atoms with Gasteiger partial charge in [0.2, 0.25) is 0 Å². The molecule has 0 spiro atoms. The lowest BCUT2D eigenvalue weighted by Crippen LogP contribution is -2.48. The van der Waals surface area contributed by atoms with Gasteiger partial charge in [0, 0.05) is 25.6 Å². The maximum Gasteiger partial charge on any atom is 0.150 e. The van der Waals surface area contributed by atoms with Crippen LogP contribution in [-0.4, -0.2) is 57.1 Å². The van der Waals surface area contributed by atoms with Crippen LogP contribution in [0.5, 0.6) is 0 Å². The Morgan fingerprint density at radius 1 is 1.47 bits per heavy atom. The predicted molar refractivity (Wildman–Crippen MR) is 69.5 cm³/mol. The highest BCUT2D eigenvalue weighted by Crippen LogP contribution is 2.34. The van der Waals surface area contributed by atoms with E-state index >= 15 is 0 Å². The largest absolute Gasteiger partial charge is 0.396 e. The van der Waals surface area contributed by atoms with E-state index in [0.717, 1.165) is 50.6 Å². The van der Waals surface area contributed by atoms with Gasteiger partial charge in [0.1, 0.15) is 11.6 Å². The molecule has 2 aliphatic rings. The molecule has 6 nitrogen and oxygen atoms in total. The number of aromatic nitrogens is 3. The zero-order valence-corrected chi connectivity index (χ0v) is 11.4. The molecular formula is C13H22N4O2. The van der Waals surface area contributed by atoms with Gasteiger partial charge < -0.3 is 9.84 Å². The third-order valence-electron chi connectivity index (χ3n) is 4.25. The number of aromatic amines is 1. The quantitative estimate of drug-likeness (QED) is 0.822. The maximum absolute atomic E-state index is 9.32. The molecule has 3 rings (SSSR count). The first kappa shape index (κ1) is 13.0. The minimum absolute atomic E-state index is 0.270. The summed E-state index contributed by atoms with van der Waals surface area (Å²) >= 11 is 0. The third kappa shape index (κ3) is 2.66. The van der Waals surface area contributed by atoms with Gasteiger partial charge in [0.25, 0.3) is 0 Å². The lowest BCUT2D eigenvalue weighted by Gasteiger charge is -2.36. The van der Waals surface area contributed by atoms with Gasteiger partial charge >= 0.3 is 0 Å². The maximum atomic E-state index is 9.32. The van der Waals surface area contributed by atoms with Gasteiger partial charge in [-0.25, -0.2) is 4.98 Å². The van der Waals surface area contributed by atoms with Gasteiger partial charge in [-0.05, 0) is 18.8 Å². The van der Waals surface area contributed by atoms with Crippen molar-refractivity contribution in [2.24, 2.45) is 5.92 Å². The Hall–Kier alpha value is -0.980. The molecule has 1 aromatic heterocycles. The summed E-state index contributed by atoms with van der Waals surface area (Å²) in [7, 11) is 0. The van der Waals surface area contributed by atoms with Crippen LogP contribution >= 0.6 is 0 Å². The van der Waals surface area contributed by atoms with E-state index in [2.05, 4.69) is 27.0 Å². The minimum atomic E-state index is 0.270. The second-order valence-electron chi connectivity index (χ2n) is 5.52. The van der Waals surface area contributed by atoms with Crippen LogP contribution in [0.2, 0.25) is 0 Å². The highest BCUT2D eigenvalue weighted by atomic mass is 16.5. The first-order valence-electron chi connectivity index (χ1n) is 7.16. The number of ether oxygens (including phenoxy) is 1. The highest BCUT2D eigenvalue weighted by Gasteiger charge is 2.40. The van der Waals surface area contributed by atoms with Crippen LogP contribution in [0.1, 0.15) is 31.4 Å². The van der Waals surface area contributed by atoms with Crippen molar-refractivity contribution >= 4 is 0 Å². The van der Waals surface area contributed by atoms with Gasteiger partial charge in [-0.3, -0.25) is 10.00 Å². The number of fused-ring (bicyclic) bond motifs is 1. The molecule has 0 bridgehead atoms. The molecule has 1 saturated heterocycles. The number of hydrogen-bond acceptors (Lipinski definition) is 5. The topological polar surface area (TPSA) is 74.3 Å². The third-order valence-corrected chi connectivity index (χ3v) is 4.25. The summed E-state index contributed by atoms with van der Waals surface area (Å²) in [5.41, 5.74) is 0. The zero-order chi connectivity index (χ0) is 13.2. The molecule has 1 aliphatic heterocycles. The van der Waals surface area contributed by atoms with E-state index in [1.807, 2.05) is 0 Å². The Bertz CT molecular complexity index is 423. The average Bonchev–Trinajstić information content (AvgIpc) is 3.05. The van der Waals surface area contributed by atoms with E-state index in [1.165, 1.54) is 0 Å². The number of aliphatic hydroxyl groups excluding tert-OH is 1. The number of aliphatic hydroxyl groups is 1. The Balaban J connectivity index is 1.66. The molecule has 106 valence electrons. The van der Waals surface area contributed by atoms with E-state index < -0.39 is 0 Å². The second-order valence-corrected chi connectivity index (χ2v) is 5.52. The van der Waals surface area contributed by atoms with Gasteiger partial charge in [-0.2, -0.15) is 5.10 Å². The number of rotatable bonds is 4. The summed E-state index contributed by atoms with van der Waals surface area (Å²) < 4.78 is 5.83. The molecule has 2 fully saturated rings. The van der Waals surface area contributed by atoms with Crippen LogP contribution < -0.4 is 0 Å². The summed E-state index contributed by atoms with van der Waals surface area (Å²) in [6.45, 7) is 4.83. The van der Waals surface area contributed by atoms with Crippen molar-refractivity contribution in [1.82, 2.24) is 20.1 Å². The minimum Gasteiger partial charge on any atom is -0.396 e. The standard InChI is InChI=1S/C13H22N4O2/c1-2-12-14-13(16-15-12)7-17-3-4-19-11-6-9(8-18)5-10(11)17/h9-11,18H,2-8H2,1H3,(H,14,15,16)/t9-,10+,11?/m1/s1. The van der Waals surface area contributed by atoms with E-state index in [-0.39, 0.29) is 12.7 Å².